The molecular formula is C3H6N2O3S. The number of carboxylic acids is 1. The molecule has 0 spiro atoms. The lowest BCUT2D eigenvalue weighted by molar-refractivity contribution is -0.156. The Labute approximate surface area is 56.5 Å². The standard InChI is InChI=1S/C3H6N2O3S/c4-3(1-9,8-5)2(6)7/h1H,4-5H2,(H,6,7). The molecule has 0 aliphatic heterocycles. The fraction of sp³-hybridized carbons (Fsp3) is 0.333. The zero-order valence-corrected chi connectivity index (χ0v) is 5.22. The van der Waals surface area contributed by atoms with Crippen LogP contribution in [0, 0.1) is 0 Å². The molecule has 0 aliphatic rings. The Balaban J connectivity index is 4.27. The van der Waals surface area contributed by atoms with E-state index in [4.69, 9.17) is 10.8 Å². The predicted molar refractivity (Wildman–Crippen MR) is 33.5 cm³/mol. The number of carbonyl (C=O) groups is 1. The second kappa shape index (κ2) is 2.83. The molecule has 5 N–H and O–H groups in total. The molecule has 0 saturated carbocycles. The fourth-order valence-electron chi connectivity index (χ4n) is 0.129. The van der Waals surface area contributed by atoms with Gasteiger partial charge < -0.3 is 5.11 Å². The molecule has 5 nitrogen and oxygen atoms in total. The molecule has 0 radical (unpaired) electrons. The first-order valence-electron chi connectivity index (χ1n) is 1.93. The first-order chi connectivity index (χ1) is 4.06. The molecule has 6 heteroatoms. The summed E-state index contributed by atoms with van der Waals surface area (Å²) in [5.74, 6) is 3.10. The lowest BCUT2D eigenvalue weighted by Gasteiger charge is -2.14. The molecule has 1 atom stereocenters. The van der Waals surface area contributed by atoms with Crippen molar-refractivity contribution in [1.29, 1.82) is 0 Å². The fourth-order valence-corrected chi connectivity index (χ4v) is 0.285. The number of hydrogen-bond donors (Lipinski definition) is 3. The Bertz CT molecular complexity index is 139. The zero-order chi connectivity index (χ0) is 7.49. The van der Waals surface area contributed by atoms with Crippen molar-refractivity contribution in [2.45, 2.75) is 5.72 Å². The SMILES string of the molecule is NOC(N)(C=S)C(=O)O. The van der Waals surface area contributed by atoms with Crippen molar-refractivity contribution in [3.63, 3.8) is 0 Å². The molecular weight excluding hydrogens is 144 g/mol. The van der Waals surface area contributed by atoms with Gasteiger partial charge in [0, 0.05) is 5.37 Å². The zero-order valence-electron chi connectivity index (χ0n) is 4.40. The van der Waals surface area contributed by atoms with Crippen molar-refractivity contribution in [3.05, 3.63) is 0 Å². The molecule has 0 saturated heterocycles. The highest BCUT2D eigenvalue weighted by Crippen LogP contribution is 1.94. The van der Waals surface area contributed by atoms with Gasteiger partial charge in [-0.2, -0.15) is 0 Å². The van der Waals surface area contributed by atoms with Crippen molar-refractivity contribution < 1.29 is 14.7 Å². The van der Waals surface area contributed by atoms with Crippen molar-refractivity contribution in [1.82, 2.24) is 0 Å². The van der Waals surface area contributed by atoms with E-state index in [9.17, 15) is 4.79 Å². The normalized spacial score (nSPS) is 16.2. The first-order valence-corrected chi connectivity index (χ1v) is 2.40. The lowest BCUT2D eigenvalue weighted by Crippen LogP contribution is -2.53. The first kappa shape index (κ1) is 8.44. The summed E-state index contributed by atoms with van der Waals surface area (Å²) in [7, 11) is 0. The van der Waals surface area contributed by atoms with Crippen molar-refractivity contribution in [2.24, 2.45) is 11.6 Å². The van der Waals surface area contributed by atoms with E-state index >= 15 is 0 Å². The molecule has 0 fully saturated rings. The van der Waals surface area contributed by atoms with Gasteiger partial charge >= 0.3 is 5.97 Å². The maximum Gasteiger partial charge on any atom is 0.358 e. The van der Waals surface area contributed by atoms with Crippen molar-refractivity contribution in [3.8, 4) is 0 Å². The largest absolute Gasteiger partial charge is 0.478 e. The summed E-state index contributed by atoms with van der Waals surface area (Å²) >= 11 is 4.23. The quantitative estimate of drug-likeness (QED) is 0.260. The second-order valence-electron chi connectivity index (χ2n) is 1.33. The van der Waals surface area contributed by atoms with E-state index in [0.29, 0.717) is 0 Å². The highest BCUT2D eigenvalue weighted by Gasteiger charge is 2.31. The second-order valence-corrected chi connectivity index (χ2v) is 1.57. The molecule has 0 aromatic rings. The Morgan fingerprint density at radius 2 is 2.33 bits per heavy atom. The summed E-state index contributed by atoms with van der Waals surface area (Å²) < 4.78 is 0. The topological polar surface area (TPSA) is 98.6 Å². The molecule has 9 heavy (non-hydrogen) atoms. The van der Waals surface area contributed by atoms with Gasteiger partial charge in [-0.05, 0) is 0 Å². The Morgan fingerprint density at radius 3 is 2.33 bits per heavy atom. The van der Waals surface area contributed by atoms with E-state index in [0.717, 1.165) is 5.37 Å². The summed E-state index contributed by atoms with van der Waals surface area (Å²) in [6.45, 7) is 0. The van der Waals surface area contributed by atoms with Gasteiger partial charge in [-0.25, -0.2) is 10.7 Å². The van der Waals surface area contributed by atoms with E-state index in [2.05, 4.69) is 23.0 Å². The number of carboxylic acid groups (broad SMARTS) is 1. The van der Waals surface area contributed by atoms with Crippen LogP contribution in [0.25, 0.3) is 0 Å². The van der Waals surface area contributed by atoms with Gasteiger partial charge in [-0.15, -0.1) is 0 Å². The number of aliphatic carboxylic acids is 1. The van der Waals surface area contributed by atoms with Crippen LogP contribution in [0.4, 0.5) is 0 Å². The summed E-state index contributed by atoms with van der Waals surface area (Å²) in [5, 5.41) is 8.94. The minimum Gasteiger partial charge on any atom is -0.478 e. The third kappa shape index (κ3) is 1.68. The minimum atomic E-state index is -2.03. The number of rotatable bonds is 3. The van der Waals surface area contributed by atoms with Gasteiger partial charge in [0.05, 0.1) is 0 Å². The molecule has 0 aliphatic carbocycles. The average molecular weight is 150 g/mol. The number of nitrogens with two attached hydrogens (primary N) is 2. The minimum absolute atomic E-state index is 0.731. The third-order valence-electron chi connectivity index (χ3n) is 0.704. The molecule has 0 bridgehead atoms. The van der Waals surface area contributed by atoms with Crippen LogP contribution in [-0.4, -0.2) is 22.2 Å². The molecule has 0 aromatic heterocycles. The van der Waals surface area contributed by atoms with Gasteiger partial charge in [0.15, 0.2) is 0 Å². The van der Waals surface area contributed by atoms with Crippen LogP contribution in [0.1, 0.15) is 0 Å². The monoisotopic (exact) mass is 150 g/mol. The lowest BCUT2D eigenvalue weighted by atomic mass is 10.3. The number of thiocarbonyl (C=S) groups is 1. The van der Waals surface area contributed by atoms with Crippen LogP contribution in [-0.2, 0) is 9.63 Å². The van der Waals surface area contributed by atoms with Crippen LogP contribution in [0.15, 0.2) is 0 Å². The number of hydrogen-bond acceptors (Lipinski definition) is 5. The molecule has 1 unspecified atom stereocenters. The van der Waals surface area contributed by atoms with Gasteiger partial charge in [-0.3, -0.25) is 10.6 Å². The summed E-state index contributed by atoms with van der Waals surface area (Å²) in [4.78, 5) is 13.9. The van der Waals surface area contributed by atoms with Crippen LogP contribution in [0.3, 0.4) is 0 Å². The van der Waals surface area contributed by atoms with Crippen molar-refractivity contribution in [2.75, 3.05) is 0 Å². The van der Waals surface area contributed by atoms with Crippen LogP contribution >= 0.6 is 12.2 Å². The van der Waals surface area contributed by atoms with E-state index in [1.165, 1.54) is 0 Å². The Morgan fingerprint density at radius 1 is 1.89 bits per heavy atom. The van der Waals surface area contributed by atoms with E-state index < -0.39 is 11.7 Å². The van der Waals surface area contributed by atoms with Gasteiger partial charge in [0.2, 0.25) is 0 Å². The van der Waals surface area contributed by atoms with Crippen LogP contribution < -0.4 is 11.6 Å². The predicted octanol–water partition coefficient (Wildman–Crippen LogP) is -1.38. The van der Waals surface area contributed by atoms with Crippen LogP contribution in [0.2, 0.25) is 0 Å². The smallest absolute Gasteiger partial charge is 0.358 e. The van der Waals surface area contributed by atoms with Gasteiger partial charge in [0.1, 0.15) is 0 Å². The molecule has 0 amide bonds. The molecule has 0 heterocycles. The molecule has 0 rings (SSSR count). The Kier molecular flexibility index (Phi) is 2.65. The highest BCUT2D eigenvalue weighted by molar-refractivity contribution is 7.79. The molecule has 52 valence electrons. The van der Waals surface area contributed by atoms with Crippen LogP contribution in [0.5, 0.6) is 0 Å². The summed E-state index contributed by atoms with van der Waals surface area (Å²) in [6.07, 6.45) is 0. The Hall–Kier alpha value is -0.560. The van der Waals surface area contributed by atoms with E-state index in [1.54, 1.807) is 0 Å². The molecule has 0 aromatic carbocycles. The van der Waals surface area contributed by atoms with Gasteiger partial charge in [0.25, 0.3) is 5.72 Å². The van der Waals surface area contributed by atoms with E-state index in [-0.39, 0.29) is 0 Å². The maximum absolute atomic E-state index is 10.1. The summed E-state index contributed by atoms with van der Waals surface area (Å²) in [5.41, 5.74) is 2.90. The third-order valence-corrected chi connectivity index (χ3v) is 1.05. The van der Waals surface area contributed by atoms with E-state index in [1.807, 2.05) is 0 Å². The highest BCUT2D eigenvalue weighted by atomic mass is 32.1. The average Bonchev–Trinajstić information content (AvgIpc) is 1.86. The maximum atomic E-state index is 10.1. The summed E-state index contributed by atoms with van der Waals surface area (Å²) in [6, 6.07) is 0. The van der Waals surface area contributed by atoms with Crippen molar-refractivity contribution >= 4 is 23.6 Å². The van der Waals surface area contributed by atoms with Gasteiger partial charge in [-0.1, -0.05) is 12.2 Å².